The van der Waals surface area contributed by atoms with E-state index in [1.54, 1.807) is 17.7 Å². The Kier molecular flexibility index (Phi) is 2.49. The predicted molar refractivity (Wildman–Crippen MR) is 66.6 cm³/mol. The molecule has 3 N–H and O–H groups in total. The van der Waals surface area contributed by atoms with Crippen LogP contribution in [-0.2, 0) is 0 Å². The minimum atomic E-state index is 0.253. The van der Waals surface area contributed by atoms with Crippen molar-refractivity contribution < 1.29 is 0 Å². The average Bonchev–Trinajstić information content (AvgIpc) is 3.04. The first kappa shape index (κ1) is 9.99. The van der Waals surface area contributed by atoms with Gasteiger partial charge in [0.2, 0.25) is 0 Å². The van der Waals surface area contributed by atoms with Crippen LogP contribution in [0.2, 0.25) is 0 Å². The van der Waals surface area contributed by atoms with Crippen molar-refractivity contribution in [3.8, 4) is 0 Å². The molecule has 0 radical (unpaired) electrons. The Morgan fingerprint density at radius 2 is 2.38 bits per heavy atom. The molecule has 1 aliphatic rings. The van der Waals surface area contributed by atoms with Crippen LogP contribution in [0.4, 0.5) is 5.82 Å². The Morgan fingerprint density at radius 1 is 1.50 bits per heavy atom. The number of hydrogen-bond acceptors (Lipinski definition) is 5. The van der Waals surface area contributed by atoms with Gasteiger partial charge in [0.15, 0.2) is 0 Å². The zero-order valence-electron chi connectivity index (χ0n) is 8.89. The number of thiophene rings is 1. The molecule has 84 valence electrons. The maximum absolute atomic E-state index is 6.04. The topological polar surface area (TPSA) is 63.8 Å². The molecule has 3 rings (SSSR count). The van der Waals surface area contributed by atoms with E-state index in [0.717, 1.165) is 22.6 Å². The SMILES string of the molecule is NC(CNc1ncnc2sccc12)C1CC1. The standard InChI is InChI=1S/C11H14N4S/c12-9(7-1-2-7)5-13-10-8-3-4-16-11(8)15-6-14-10/h3-4,6-7,9H,1-2,5,12H2,(H,13,14,15). The summed E-state index contributed by atoms with van der Waals surface area (Å²) in [6, 6.07) is 2.30. The Labute approximate surface area is 97.9 Å². The number of nitrogens with one attached hydrogen (secondary N) is 1. The van der Waals surface area contributed by atoms with Crippen molar-refractivity contribution in [3.05, 3.63) is 17.8 Å². The second kappa shape index (κ2) is 3.99. The van der Waals surface area contributed by atoms with Crippen LogP contribution in [0.1, 0.15) is 12.8 Å². The zero-order valence-corrected chi connectivity index (χ0v) is 9.70. The average molecular weight is 234 g/mol. The van der Waals surface area contributed by atoms with Crippen LogP contribution in [0.25, 0.3) is 10.2 Å². The first-order chi connectivity index (χ1) is 7.84. The van der Waals surface area contributed by atoms with Crippen LogP contribution >= 0.6 is 11.3 Å². The van der Waals surface area contributed by atoms with E-state index in [0.29, 0.717) is 5.92 Å². The normalized spacial score (nSPS) is 17.6. The minimum absolute atomic E-state index is 0.253. The van der Waals surface area contributed by atoms with E-state index in [1.807, 2.05) is 11.4 Å². The summed E-state index contributed by atoms with van der Waals surface area (Å²) in [5.74, 6) is 1.62. The number of aromatic nitrogens is 2. The third kappa shape index (κ3) is 1.88. The van der Waals surface area contributed by atoms with Crippen molar-refractivity contribution in [2.75, 3.05) is 11.9 Å². The molecule has 1 fully saturated rings. The molecule has 5 heteroatoms. The van der Waals surface area contributed by atoms with Crippen molar-refractivity contribution in [1.82, 2.24) is 9.97 Å². The summed E-state index contributed by atoms with van der Waals surface area (Å²) >= 11 is 1.63. The Morgan fingerprint density at radius 3 is 3.19 bits per heavy atom. The monoisotopic (exact) mass is 234 g/mol. The van der Waals surface area contributed by atoms with Gasteiger partial charge < -0.3 is 11.1 Å². The lowest BCUT2D eigenvalue weighted by Crippen LogP contribution is -2.31. The highest BCUT2D eigenvalue weighted by atomic mass is 32.1. The maximum Gasteiger partial charge on any atom is 0.138 e. The quantitative estimate of drug-likeness (QED) is 0.847. The van der Waals surface area contributed by atoms with Crippen LogP contribution < -0.4 is 11.1 Å². The molecule has 4 nitrogen and oxygen atoms in total. The fourth-order valence-electron chi connectivity index (χ4n) is 1.84. The summed E-state index contributed by atoms with van der Waals surface area (Å²) in [7, 11) is 0. The summed E-state index contributed by atoms with van der Waals surface area (Å²) in [6.45, 7) is 0.798. The Balaban J connectivity index is 1.75. The van der Waals surface area contributed by atoms with Crippen molar-refractivity contribution >= 4 is 27.4 Å². The second-order valence-corrected chi connectivity index (χ2v) is 5.14. The number of nitrogens with zero attached hydrogens (tertiary/aromatic N) is 2. The van der Waals surface area contributed by atoms with Gasteiger partial charge in [0.1, 0.15) is 17.0 Å². The molecule has 0 spiro atoms. The lowest BCUT2D eigenvalue weighted by Gasteiger charge is -2.12. The minimum Gasteiger partial charge on any atom is -0.368 e. The fourth-order valence-corrected chi connectivity index (χ4v) is 2.57. The van der Waals surface area contributed by atoms with Gasteiger partial charge in [-0.3, -0.25) is 0 Å². The van der Waals surface area contributed by atoms with E-state index in [9.17, 15) is 0 Å². The largest absolute Gasteiger partial charge is 0.368 e. The van der Waals surface area contributed by atoms with E-state index in [4.69, 9.17) is 5.73 Å². The van der Waals surface area contributed by atoms with Crippen LogP contribution in [0.3, 0.4) is 0 Å². The highest BCUT2D eigenvalue weighted by Gasteiger charge is 2.28. The molecule has 0 amide bonds. The smallest absolute Gasteiger partial charge is 0.138 e. The molecule has 1 aliphatic carbocycles. The summed E-state index contributed by atoms with van der Waals surface area (Å²) in [4.78, 5) is 9.50. The van der Waals surface area contributed by atoms with Crippen molar-refractivity contribution in [1.29, 1.82) is 0 Å². The van der Waals surface area contributed by atoms with Gasteiger partial charge in [-0.25, -0.2) is 9.97 Å². The molecule has 2 aromatic rings. The molecular formula is C11H14N4S. The highest BCUT2D eigenvalue weighted by molar-refractivity contribution is 7.16. The molecule has 0 aliphatic heterocycles. The second-order valence-electron chi connectivity index (χ2n) is 4.24. The molecular weight excluding hydrogens is 220 g/mol. The van der Waals surface area contributed by atoms with Gasteiger partial charge >= 0.3 is 0 Å². The Bertz CT molecular complexity index is 491. The Hall–Kier alpha value is -1.20. The highest BCUT2D eigenvalue weighted by Crippen LogP contribution is 2.32. The lowest BCUT2D eigenvalue weighted by atomic mass is 10.2. The van der Waals surface area contributed by atoms with Crippen LogP contribution in [-0.4, -0.2) is 22.6 Å². The lowest BCUT2D eigenvalue weighted by molar-refractivity contribution is 0.620. The maximum atomic E-state index is 6.04. The van der Waals surface area contributed by atoms with Gasteiger partial charge in [-0.15, -0.1) is 11.3 Å². The number of hydrogen-bond donors (Lipinski definition) is 2. The fraction of sp³-hybridized carbons (Fsp3) is 0.455. The van der Waals surface area contributed by atoms with Gasteiger partial charge in [0.25, 0.3) is 0 Å². The summed E-state index contributed by atoms with van der Waals surface area (Å²) in [5.41, 5.74) is 6.04. The third-order valence-corrected chi connectivity index (χ3v) is 3.82. The molecule has 2 heterocycles. The van der Waals surface area contributed by atoms with Gasteiger partial charge in [-0.1, -0.05) is 0 Å². The molecule has 16 heavy (non-hydrogen) atoms. The van der Waals surface area contributed by atoms with E-state index < -0.39 is 0 Å². The molecule has 1 saturated carbocycles. The van der Waals surface area contributed by atoms with E-state index in [-0.39, 0.29) is 6.04 Å². The number of nitrogens with two attached hydrogens (primary N) is 1. The van der Waals surface area contributed by atoms with Gasteiger partial charge in [-0.05, 0) is 30.2 Å². The molecule has 0 bridgehead atoms. The van der Waals surface area contributed by atoms with Crippen molar-refractivity contribution in [2.45, 2.75) is 18.9 Å². The first-order valence-electron chi connectivity index (χ1n) is 5.52. The van der Waals surface area contributed by atoms with Gasteiger partial charge in [-0.2, -0.15) is 0 Å². The van der Waals surface area contributed by atoms with Crippen LogP contribution in [0, 0.1) is 5.92 Å². The van der Waals surface area contributed by atoms with E-state index >= 15 is 0 Å². The molecule has 1 unspecified atom stereocenters. The summed E-state index contributed by atoms with van der Waals surface area (Å²) in [5, 5.41) is 6.45. The zero-order chi connectivity index (χ0) is 11.0. The number of fused-ring (bicyclic) bond motifs is 1. The van der Waals surface area contributed by atoms with Crippen LogP contribution in [0.15, 0.2) is 17.8 Å². The number of anilines is 1. The van der Waals surface area contributed by atoms with Gasteiger partial charge in [0, 0.05) is 12.6 Å². The molecule has 0 saturated heterocycles. The first-order valence-corrected chi connectivity index (χ1v) is 6.40. The van der Waals surface area contributed by atoms with Crippen molar-refractivity contribution in [3.63, 3.8) is 0 Å². The van der Waals surface area contributed by atoms with Gasteiger partial charge in [0.05, 0.1) is 5.39 Å². The molecule has 0 aromatic carbocycles. The predicted octanol–water partition coefficient (Wildman–Crippen LogP) is 1.84. The van der Waals surface area contributed by atoms with Crippen LogP contribution in [0.5, 0.6) is 0 Å². The summed E-state index contributed by atoms with van der Waals surface area (Å²) < 4.78 is 0. The number of rotatable bonds is 4. The molecule has 2 aromatic heterocycles. The van der Waals surface area contributed by atoms with E-state index in [1.165, 1.54) is 12.8 Å². The summed E-state index contributed by atoms with van der Waals surface area (Å²) in [6.07, 6.45) is 4.16. The van der Waals surface area contributed by atoms with Crippen molar-refractivity contribution in [2.24, 2.45) is 11.7 Å². The molecule has 1 atom stereocenters. The third-order valence-electron chi connectivity index (χ3n) is 2.99. The van der Waals surface area contributed by atoms with E-state index in [2.05, 4.69) is 15.3 Å².